The molecular formula is C9H19NO11S2. The Morgan fingerprint density at radius 3 is 2.13 bits per heavy atom. The Kier molecular flexibility index (Phi) is 6.85. The molecule has 0 bridgehead atoms. The van der Waals surface area contributed by atoms with Crippen LogP contribution in [0.2, 0.25) is 0 Å². The minimum atomic E-state index is -4.81. The van der Waals surface area contributed by atoms with E-state index in [0.717, 1.165) is 0 Å². The van der Waals surface area contributed by atoms with E-state index in [1.165, 1.54) is 0 Å². The van der Waals surface area contributed by atoms with E-state index in [4.69, 9.17) is 18.6 Å². The molecule has 0 aromatic heterocycles. The van der Waals surface area contributed by atoms with Gasteiger partial charge in [-0.05, 0) is 13.8 Å². The molecule has 1 fully saturated rings. The maximum Gasteiger partial charge on any atom is 0.397 e. The highest BCUT2D eigenvalue weighted by Crippen LogP contribution is 2.24. The molecule has 1 aliphatic rings. The smallest absolute Gasteiger partial charge is 0.388 e. The molecule has 138 valence electrons. The van der Waals surface area contributed by atoms with Gasteiger partial charge in [0, 0.05) is 0 Å². The molecule has 5 N–H and O–H groups in total. The van der Waals surface area contributed by atoms with Gasteiger partial charge < -0.3 is 19.7 Å². The highest BCUT2D eigenvalue weighted by atomic mass is 32.3. The quantitative estimate of drug-likeness (QED) is 0.292. The maximum atomic E-state index is 10.9. The lowest BCUT2D eigenvalue weighted by Gasteiger charge is -2.42. The van der Waals surface area contributed by atoms with Crippen LogP contribution in [0.4, 0.5) is 0 Å². The lowest BCUT2D eigenvalue weighted by Crippen LogP contribution is -2.65. The summed E-state index contributed by atoms with van der Waals surface area (Å²) in [5, 5.41) is 19.8. The Hall–Kier alpha value is -0.420. The minimum absolute atomic E-state index is 0.503. The van der Waals surface area contributed by atoms with Gasteiger partial charge in [0.2, 0.25) is 0 Å². The number of hydrogen-bond donors (Lipinski definition) is 5. The zero-order valence-electron chi connectivity index (χ0n) is 12.1. The van der Waals surface area contributed by atoms with E-state index in [1.807, 2.05) is 0 Å². The summed E-state index contributed by atoms with van der Waals surface area (Å²) < 4.78 is 76.4. The average Bonchev–Trinajstić information content (AvgIpc) is 2.34. The van der Waals surface area contributed by atoms with Gasteiger partial charge in [-0.15, -0.1) is 0 Å². The van der Waals surface area contributed by atoms with Crippen molar-refractivity contribution >= 4 is 20.7 Å². The second kappa shape index (κ2) is 7.64. The first-order valence-corrected chi connectivity index (χ1v) is 9.14. The molecule has 1 saturated heterocycles. The topological polar surface area (TPSA) is 189 Å². The van der Waals surface area contributed by atoms with Gasteiger partial charge in [0.25, 0.3) is 0 Å². The number of aliphatic hydroxyl groups is 2. The fourth-order valence-corrected chi connectivity index (χ4v) is 2.80. The first kappa shape index (κ1) is 20.6. The normalized spacial score (nSPS) is 33.1. The second-order valence-electron chi connectivity index (χ2n) is 5.04. The van der Waals surface area contributed by atoms with Gasteiger partial charge in [-0.2, -0.15) is 21.6 Å². The van der Waals surface area contributed by atoms with Crippen molar-refractivity contribution in [3.63, 3.8) is 0 Å². The molecule has 0 aliphatic carbocycles. The van der Waals surface area contributed by atoms with Crippen LogP contribution in [0, 0.1) is 0 Å². The number of rotatable bonds is 7. The van der Waals surface area contributed by atoms with Crippen LogP contribution in [0.25, 0.3) is 0 Å². The zero-order chi connectivity index (χ0) is 18.0. The van der Waals surface area contributed by atoms with Crippen LogP contribution >= 0.6 is 0 Å². The molecule has 14 heteroatoms. The number of ether oxygens (including phenoxy) is 2. The van der Waals surface area contributed by atoms with Crippen molar-refractivity contribution in [3.8, 4) is 0 Å². The third-order valence-electron chi connectivity index (χ3n) is 2.77. The van der Waals surface area contributed by atoms with E-state index in [-0.39, 0.29) is 0 Å². The van der Waals surface area contributed by atoms with Crippen LogP contribution in [-0.2, 0) is 34.4 Å². The lowest BCUT2D eigenvalue weighted by atomic mass is 9.98. The van der Waals surface area contributed by atoms with Gasteiger partial charge in [0.1, 0.15) is 24.4 Å². The largest absolute Gasteiger partial charge is 0.397 e. The van der Waals surface area contributed by atoms with Crippen molar-refractivity contribution in [1.29, 1.82) is 0 Å². The van der Waals surface area contributed by atoms with Crippen molar-refractivity contribution in [3.05, 3.63) is 0 Å². The molecule has 23 heavy (non-hydrogen) atoms. The number of nitrogens with one attached hydrogen (secondary N) is 1. The van der Waals surface area contributed by atoms with Crippen LogP contribution in [0.15, 0.2) is 0 Å². The standard InChI is InChI=1S/C9H19NO11S2/c1-4(2)20-9-6(10-22(13,14)15)8(12)7(11)5(21-9)3-19-23(16,17)18/h4-12H,3H2,1-2H3,(H,13,14,15)(H,16,17,18)/t5-,6-,7-,8-,9+/m1/s1. The van der Waals surface area contributed by atoms with Crippen molar-refractivity contribution < 1.29 is 49.8 Å². The fourth-order valence-electron chi connectivity index (χ4n) is 1.90. The summed E-state index contributed by atoms with van der Waals surface area (Å²) in [7, 11) is -9.56. The van der Waals surface area contributed by atoms with E-state index >= 15 is 0 Å². The highest BCUT2D eigenvalue weighted by molar-refractivity contribution is 7.83. The molecule has 0 saturated carbocycles. The number of hydrogen-bond acceptors (Lipinski definition) is 9. The van der Waals surface area contributed by atoms with Crippen LogP contribution in [0.1, 0.15) is 13.8 Å². The molecule has 1 aliphatic heterocycles. The van der Waals surface area contributed by atoms with E-state index in [2.05, 4.69) is 4.18 Å². The Balaban J connectivity index is 2.94. The first-order valence-electron chi connectivity index (χ1n) is 6.34. The van der Waals surface area contributed by atoms with Gasteiger partial charge >= 0.3 is 20.7 Å². The van der Waals surface area contributed by atoms with E-state index in [0.29, 0.717) is 0 Å². The molecule has 12 nitrogen and oxygen atoms in total. The zero-order valence-corrected chi connectivity index (χ0v) is 13.8. The summed E-state index contributed by atoms with van der Waals surface area (Å²) >= 11 is 0. The average molecular weight is 381 g/mol. The third kappa shape index (κ3) is 6.92. The van der Waals surface area contributed by atoms with Crippen molar-refractivity contribution in [2.45, 2.75) is 50.6 Å². The molecular weight excluding hydrogens is 362 g/mol. The molecule has 0 aromatic rings. The molecule has 0 aromatic carbocycles. The van der Waals surface area contributed by atoms with E-state index in [1.54, 1.807) is 18.6 Å². The van der Waals surface area contributed by atoms with Gasteiger partial charge in [-0.1, -0.05) is 0 Å². The van der Waals surface area contributed by atoms with Crippen LogP contribution in [0.5, 0.6) is 0 Å². The summed E-state index contributed by atoms with van der Waals surface area (Å²) in [6.45, 7) is 2.28. The van der Waals surface area contributed by atoms with Crippen molar-refractivity contribution in [2.24, 2.45) is 0 Å². The van der Waals surface area contributed by atoms with Crippen LogP contribution in [0.3, 0.4) is 0 Å². The molecule has 5 atom stereocenters. The minimum Gasteiger partial charge on any atom is -0.388 e. The predicted molar refractivity (Wildman–Crippen MR) is 72.9 cm³/mol. The van der Waals surface area contributed by atoms with Crippen LogP contribution in [-0.4, -0.2) is 79.5 Å². The summed E-state index contributed by atoms with van der Waals surface area (Å²) in [6.07, 6.45) is -7.02. The Morgan fingerprint density at radius 1 is 1.13 bits per heavy atom. The summed E-state index contributed by atoms with van der Waals surface area (Å²) in [5.74, 6) is 0. The Morgan fingerprint density at radius 2 is 1.70 bits per heavy atom. The number of aliphatic hydroxyl groups excluding tert-OH is 2. The molecule has 1 rings (SSSR count). The van der Waals surface area contributed by atoms with E-state index < -0.39 is 64.1 Å². The predicted octanol–water partition coefficient (Wildman–Crippen LogP) is -2.56. The van der Waals surface area contributed by atoms with Crippen molar-refractivity contribution in [2.75, 3.05) is 6.61 Å². The van der Waals surface area contributed by atoms with Crippen LogP contribution < -0.4 is 4.72 Å². The molecule has 0 amide bonds. The first-order chi connectivity index (χ1) is 10.3. The van der Waals surface area contributed by atoms with Gasteiger partial charge in [0.05, 0.1) is 12.7 Å². The molecule has 1 heterocycles. The Bertz CT molecular complexity index is 587. The van der Waals surface area contributed by atoms with Gasteiger partial charge in [-0.25, -0.2) is 4.18 Å². The third-order valence-corrected chi connectivity index (χ3v) is 3.78. The summed E-state index contributed by atoms with van der Waals surface area (Å²) in [6, 6.07) is -1.57. The SMILES string of the molecule is CC(C)O[C@H]1O[C@H](COS(=O)(=O)O)[C@@H](O)[C@H](O)[C@H]1NS(=O)(=O)O. The summed E-state index contributed by atoms with van der Waals surface area (Å²) in [4.78, 5) is 0. The second-order valence-corrected chi connectivity index (χ2v) is 7.32. The molecule has 0 radical (unpaired) electrons. The van der Waals surface area contributed by atoms with Gasteiger partial charge in [0.15, 0.2) is 6.29 Å². The molecule has 0 spiro atoms. The molecule has 0 unspecified atom stereocenters. The lowest BCUT2D eigenvalue weighted by molar-refractivity contribution is -0.275. The van der Waals surface area contributed by atoms with Gasteiger partial charge in [-0.3, -0.25) is 9.11 Å². The van der Waals surface area contributed by atoms with E-state index in [9.17, 15) is 27.0 Å². The summed E-state index contributed by atoms with van der Waals surface area (Å²) in [5.41, 5.74) is 0. The fraction of sp³-hybridized carbons (Fsp3) is 1.00. The maximum absolute atomic E-state index is 10.9. The van der Waals surface area contributed by atoms with Crippen molar-refractivity contribution in [1.82, 2.24) is 4.72 Å². The Labute approximate surface area is 133 Å². The monoisotopic (exact) mass is 381 g/mol. The highest BCUT2D eigenvalue weighted by Gasteiger charge is 2.47.